The summed E-state index contributed by atoms with van der Waals surface area (Å²) in [6.45, 7) is 1.04. The van der Waals surface area contributed by atoms with E-state index in [0.717, 1.165) is 0 Å². The number of hydrogen-bond acceptors (Lipinski definition) is 6. The van der Waals surface area contributed by atoms with Crippen molar-refractivity contribution >= 4 is 23.1 Å². The third kappa shape index (κ3) is 2.66. The number of hydrogen-bond donors (Lipinski definition) is 3. The first-order chi connectivity index (χ1) is 10.1. The Hall–Kier alpha value is -2.96. The fourth-order valence-electron chi connectivity index (χ4n) is 2.03. The topological polar surface area (TPSA) is 112 Å². The molecule has 3 rings (SSSR count). The summed E-state index contributed by atoms with van der Waals surface area (Å²) in [5.41, 5.74) is 12.2. The van der Waals surface area contributed by atoms with Gasteiger partial charge in [0.25, 0.3) is 5.91 Å². The van der Waals surface area contributed by atoms with Gasteiger partial charge in [0.1, 0.15) is 19.0 Å². The maximum Gasteiger partial charge on any atom is 0.252 e. The number of aromatic nitrogens is 1. The van der Waals surface area contributed by atoms with Crippen LogP contribution in [0, 0.1) is 0 Å². The van der Waals surface area contributed by atoms with Gasteiger partial charge in [-0.1, -0.05) is 0 Å². The highest BCUT2D eigenvalue weighted by Gasteiger charge is 2.14. The van der Waals surface area contributed by atoms with Crippen LogP contribution in [0.25, 0.3) is 0 Å². The van der Waals surface area contributed by atoms with E-state index in [9.17, 15) is 4.79 Å². The normalized spacial score (nSPS) is 12.8. The standard InChI is InChI=1S/C14H14N4O3/c15-8-5-10(13(16)19)14(17-7-8)18-9-1-2-11-12(6-9)21-4-3-20-11/h1-2,5-7H,3-4,15H2,(H2,16,19)(H,17,18). The van der Waals surface area contributed by atoms with E-state index < -0.39 is 5.91 Å². The van der Waals surface area contributed by atoms with Crippen LogP contribution < -0.4 is 26.3 Å². The molecule has 1 aliphatic rings. The lowest BCUT2D eigenvalue weighted by molar-refractivity contribution is 0.100. The Balaban J connectivity index is 1.92. The van der Waals surface area contributed by atoms with Crippen LogP contribution in [0.4, 0.5) is 17.2 Å². The molecule has 21 heavy (non-hydrogen) atoms. The number of pyridine rings is 1. The number of nitrogens with two attached hydrogens (primary N) is 2. The average molecular weight is 286 g/mol. The van der Waals surface area contributed by atoms with Crippen molar-refractivity contribution in [3.8, 4) is 11.5 Å². The summed E-state index contributed by atoms with van der Waals surface area (Å²) in [7, 11) is 0. The van der Waals surface area contributed by atoms with Crippen LogP contribution in [0.1, 0.15) is 10.4 Å². The van der Waals surface area contributed by atoms with E-state index in [2.05, 4.69) is 10.3 Å². The van der Waals surface area contributed by atoms with Gasteiger partial charge < -0.3 is 26.3 Å². The molecule has 0 fully saturated rings. The summed E-state index contributed by atoms with van der Waals surface area (Å²) in [5.74, 6) is 1.07. The quantitative estimate of drug-likeness (QED) is 0.783. The molecule has 1 aliphatic heterocycles. The van der Waals surface area contributed by atoms with Crippen molar-refractivity contribution in [3.05, 3.63) is 36.0 Å². The molecule has 1 aromatic carbocycles. The van der Waals surface area contributed by atoms with Gasteiger partial charge in [-0.15, -0.1) is 0 Å². The summed E-state index contributed by atoms with van der Waals surface area (Å²) in [6, 6.07) is 6.85. The van der Waals surface area contributed by atoms with E-state index in [4.69, 9.17) is 20.9 Å². The van der Waals surface area contributed by atoms with Gasteiger partial charge in [-0.05, 0) is 18.2 Å². The number of ether oxygens (including phenoxy) is 2. The molecule has 1 aromatic heterocycles. The second kappa shape index (κ2) is 5.20. The van der Waals surface area contributed by atoms with Crippen LogP contribution in [0.3, 0.4) is 0 Å². The van der Waals surface area contributed by atoms with E-state index >= 15 is 0 Å². The Kier molecular flexibility index (Phi) is 3.23. The summed E-state index contributed by atoms with van der Waals surface area (Å²) in [4.78, 5) is 15.5. The van der Waals surface area contributed by atoms with Crippen LogP contribution in [0.15, 0.2) is 30.5 Å². The molecule has 5 N–H and O–H groups in total. The number of benzene rings is 1. The van der Waals surface area contributed by atoms with Crippen LogP contribution in [0.2, 0.25) is 0 Å². The molecule has 0 bridgehead atoms. The van der Waals surface area contributed by atoms with Crippen LogP contribution >= 0.6 is 0 Å². The van der Waals surface area contributed by atoms with Crippen molar-refractivity contribution in [2.45, 2.75) is 0 Å². The van der Waals surface area contributed by atoms with Gasteiger partial charge in [0.2, 0.25) is 0 Å². The van der Waals surface area contributed by atoms with Gasteiger partial charge in [-0.3, -0.25) is 4.79 Å². The zero-order valence-electron chi connectivity index (χ0n) is 11.1. The number of nitrogens with zero attached hydrogens (tertiary/aromatic N) is 1. The van der Waals surface area contributed by atoms with Crippen LogP contribution in [-0.2, 0) is 0 Å². The lowest BCUT2D eigenvalue weighted by atomic mass is 10.2. The lowest BCUT2D eigenvalue weighted by Gasteiger charge is -2.19. The zero-order valence-corrected chi connectivity index (χ0v) is 11.1. The zero-order chi connectivity index (χ0) is 14.8. The highest BCUT2D eigenvalue weighted by atomic mass is 16.6. The molecular weight excluding hydrogens is 272 g/mol. The highest BCUT2D eigenvalue weighted by molar-refractivity contribution is 5.99. The largest absolute Gasteiger partial charge is 0.486 e. The molecule has 0 saturated heterocycles. The minimum atomic E-state index is -0.602. The molecule has 1 amide bonds. The van der Waals surface area contributed by atoms with Gasteiger partial charge in [0.15, 0.2) is 11.5 Å². The lowest BCUT2D eigenvalue weighted by Crippen LogP contribution is -2.16. The van der Waals surface area contributed by atoms with Crippen molar-refractivity contribution in [3.63, 3.8) is 0 Å². The SMILES string of the molecule is NC(=O)c1cc(N)cnc1Nc1ccc2c(c1)OCCO2. The second-order valence-corrected chi connectivity index (χ2v) is 4.51. The van der Waals surface area contributed by atoms with Crippen LogP contribution in [0.5, 0.6) is 11.5 Å². The molecule has 2 heterocycles. The minimum Gasteiger partial charge on any atom is -0.486 e. The molecule has 7 heteroatoms. The maximum absolute atomic E-state index is 11.4. The molecule has 0 radical (unpaired) electrons. The fraction of sp³-hybridized carbons (Fsp3) is 0.143. The van der Waals surface area contributed by atoms with Gasteiger partial charge in [-0.2, -0.15) is 0 Å². The van der Waals surface area contributed by atoms with Crippen LogP contribution in [-0.4, -0.2) is 24.1 Å². The van der Waals surface area contributed by atoms with E-state index in [1.165, 1.54) is 12.3 Å². The molecular formula is C14H14N4O3. The average Bonchev–Trinajstić information content (AvgIpc) is 2.49. The summed E-state index contributed by atoms with van der Waals surface area (Å²) < 4.78 is 10.9. The first kappa shape index (κ1) is 13.0. The van der Waals surface area contributed by atoms with Gasteiger partial charge >= 0.3 is 0 Å². The predicted octanol–water partition coefficient (Wildman–Crippen LogP) is 1.28. The van der Waals surface area contributed by atoms with Crippen molar-refractivity contribution < 1.29 is 14.3 Å². The number of anilines is 3. The number of fused-ring (bicyclic) bond motifs is 1. The summed E-state index contributed by atoms with van der Waals surface area (Å²) >= 11 is 0. The van der Waals surface area contributed by atoms with Gasteiger partial charge in [0, 0.05) is 11.8 Å². The number of carbonyl (C=O) groups is 1. The molecule has 108 valence electrons. The number of carbonyl (C=O) groups excluding carboxylic acids is 1. The Morgan fingerprint density at radius 2 is 1.95 bits per heavy atom. The number of amides is 1. The molecule has 7 nitrogen and oxygen atoms in total. The maximum atomic E-state index is 11.4. The first-order valence-electron chi connectivity index (χ1n) is 6.35. The molecule has 0 atom stereocenters. The summed E-state index contributed by atoms with van der Waals surface area (Å²) in [6.07, 6.45) is 1.45. The Bertz CT molecular complexity index is 703. The second-order valence-electron chi connectivity index (χ2n) is 4.51. The third-order valence-corrected chi connectivity index (χ3v) is 2.98. The fourth-order valence-corrected chi connectivity index (χ4v) is 2.03. The van der Waals surface area contributed by atoms with E-state index in [1.54, 1.807) is 18.2 Å². The monoisotopic (exact) mass is 286 g/mol. The van der Waals surface area contributed by atoms with Gasteiger partial charge in [-0.25, -0.2) is 4.98 Å². The first-order valence-corrected chi connectivity index (χ1v) is 6.35. The van der Waals surface area contributed by atoms with E-state index in [1.807, 2.05) is 0 Å². The van der Waals surface area contributed by atoms with E-state index in [-0.39, 0.29) is 5.56 Å². The summed E-state index contributed by atoms with van der Waals surface area (Å²) in [5, 5.41) is 3.03. The molecule has 0 saturated carbocycles. The van der Waals surface area contributed by atoms with Crippen molar-refractivity contribution in [1.29, 1.82) is 0 Å². The van der Waals surface area contributed by atoms with E-state index in [0.29, 0.717) is 41.9 Å². The van der Waals surface area contributed by atoms with Crippen molar-refractivity contribution in [2.75, 3.05) is 24.3 Å². The van der Waals surface area contributed by atoms with Gasteiger partial charge in [0.05, 0.1) is 17.4 Å². The number of nitrogens with one attached hydrogen (secondary N) is 1. The molecule has 0 spiro atoms. The molecule has 0 aliphatic carbocycles. The molecule has 2 aromatic rings. The van der Waals surface area contributed by atoms with Crippen molar-refractivity contribution in [2.24, 2.45) is 5.73 Å². The number of nitrogen functional groups attached to an aromatic ring is 1. The minimum absolute atomic E-state index is 0.227. The number of primary amides is 1. The molecule has 0 unspecified atom stereocenters. The number of rotatable bonds is 3. The smallest absolute Gasteiger partial charge is 0.252 e. The predicted molar refractivity (Wildman–Crippen MR) is 77.9 cm³/mol. The van der Waals surface area contributed by atoms with Crippen molar-refractivity contribution in [1.82, 2.24) is 4.98 Å². The Morgan fingerprint density at radius 1 is 1.19 bits per heavy atom. The Labute approximate surface area is 120 Å². The third-order valence-electron chi connectivity index (χ3n) is 2.98. The highest BCUT2D eigenvalue weighted by Crippen LogP contribution is 2.33. The Morgan fingerprint density at radius 3 is 2.71 bits per heavy atom.